The van der Waals surface area contributed by atoms with Gasteiger partial charge in [-0.25, -0.2) is 9.37 Å². The van der Waals surface area contributed by atoms with Crippen LogP contribution in [0, 0.1) is 5.82 Å². The molecule has 1 heterocycles. The highest BCUT2D eigenvalue weighted by Gasteiger charge is 2.09. The normalized spacial score (nSPS) is 11.0. The van der Waals surface area contributed by atoms with Crippen LogP contribution in [0.5, 0.6) is 0 Å². The fourth-order valence-electron chi connectivity index (χ4n) is 2.48. The van der Waals surface area contributed by atoms with Gasteiger partial charge in [-0.3, -0.25) is 0 Å². The minimum absolute atomic E-state index is 0.223. The van der Waals surface area contributed by atoms with Gasteiger partial charge >= 0.3 is 0 Å². The maximum atomic E-state index is 12.9. The molecule has 0 bridgehead atoms. The second kappa shape index (κ2) is 5.95. The Labute approximate surface area is 123 Å². The van der Waals surface area contributed by atoms with Gasteiger partial charge in [0.05, 0.1) is 17.6 Å². The molecule has 0 aliphatic heterocycles. The molecule has 0 atom stereocenters. The predicted octanol–water partition coefficient (Wildman–Crippen LogP) is 4.20. The van der Waals surface area contributed by atoms with E-state index < -0.39 is 0 Å². The summed E-state index contributed by atoms with van der Waals surface area (Å²) in [5.41, 5.74) is 3.07. The van der Waals surface area contributed by atoms with E-state index >= 15 is 0 Å². The zero-order valence-electron chi connectivity index (χ0n) is 12.0. The average molecular weight is 283 g/mol. The third-order valence-electron chi connectivity index (χ3n) is 3.48. The Hall–Kier alpha value is -2.36. The van der Waals surface area contributed by atoms with Crippen molar-refractivity contribution in [3.63, 3.8) is 0 Å². The van der Waals surface area contributed by atoms with Gasteiger partial charge in [-0.2, -0.15) is 0 Å². The number of anilines is 1. The molecular formula is C17H18FN3. The first kappa shape index (κ1) is 13.6. The maximum Gasteiger partial charge on any atom is 0.129 e. The van der Waals surface area contributed by atoms with Crippen LogP contribution in [0.3, 0.4) is 0 Å². The summed E-state index contributed by atoms with van der Waals surface area (Å²) in [6, 6.07) is 14.6. The number of fused-ring (bicyclic) bond motifs is 1. The smallest absolute Gasteiger partial charge is 0.129 e. The fourth-order valence-corrected chi connectivity index (χ4v) is 2.48. The minimum atomic E-state index is -0.223. The first-order valence-corrected chi connectivity index (χ1v) is 7.21. The molecule has 0 radical (unpaired) electrons. The van der Waals surface area contributed by atoms with Gasteiger partial charge in [0.1, 0.15) is 11.6 Å². The highest BCUT2D eigenvalue weighted by atomic mass is 19.1. The molecule has 3 nitrogen and oxygen atoms in total. The molecule has 108 valence electrons. The summed E-state index contributed by atoms with van der Waals surface area (Å²) in [6.07, 6.45) is 1.06. The minimum Gasteiger partial charge on any atom is -0.378 e. The van der Waals surface area contributed by atoms with Crippen LogP contribution in [0.2, 0.25) is 0 Å². The van der Waals surface area contributed by atoms with E-state index in [9.17, 15) is 4.39 Å². The van der Waals surface area contributed by atoms with Crippen LogP contribution >= 0.6 is 0 Å². The Morgan fingerprint density at radius 2 is 1.86 bits per heavy atom. The van der Waals surface area contributed by atoms with Gasteiger partial charge in [-0.15, -0.1) is 0 Å². The summed E-state index contributed by atoms with van der Waals surface area (Å²) in [7, 11) is 0. The van der Waals surface area contributed by atoms with E-state index in [4.69, 9.17) is 4.98 Å². The summed E-state index contributed by atoms with van der Waals surface area (Å²) in [4.78, 5) is 4.69. The van der Waals surface area contributed by atoms with E-state index in [1.54, 1.807) is 12.1 Å². The molecule has 0 saturated carbocycles. The van der Waals surface area contributed by atoms with E-state index in [2.05, 4.69) is 22.9 Å². The molecule has 4 heteroatoms. The molecule has 0 fully saturated rings. The molecule has 2 aromatic carbocycles. The summed E-state index contributed by atoms with van der Waals surface area (Å²) >= 11 is 0. The number of aryl methyl sites for hydroxylation is 1. The molecule has 0 saturated heterocycles. The quantitative estimate of drug-likeness (QED) is 0.760. The second-order valence-corrected chi connectivity index (χ2v) is 5.03. The lowest BCUT2D eigenvalue weighted by atomic mass is 10.3. The van der Waals surface area contributed by atoms with E-state index in [0.29, 0.717) is 6.54 Å². The molecule has 0 aliphatic rings. The predicted molar refractivity (Wildman–Crippen MR) is 83.8 cm³/mol. The fraction of sp³-hybridized carbons (Fsp3) is 0.235. The molecule has 0 aliphatic carbocycles. The molecule has 21 heavy (non-hydrogen) atoms. The number of para-hydroxylation sites is 2. The van der Waals surface area contributed by atoms with Crippen LogP contribution in [-0.2, 0) is 13.1 Å². The Morgan fingerprint density at radius 3 is 2.62 bits per heavy atom. The molecule has 1 N–H and O–H groups in total. The maximum absolute atomic E-state index is 12.9. The number of halogens is 1. The summed E-state index contributed by atoms with van der Waals surface area (Å²) in [6.45, 7) is 3.73. The third kappa shape index (κ3) is 2.89. The number of nitrogens with zero attached hydrogens (tertiary/aromatic N) is 2. The van der Waals surface area contributed by atoms with Crippen molar-refractivity contribution >= 4 is 16.7 Å². The molecule has 0 amide bonds. The number of aromatic nitrogens is 2. The third-order valence-corrected chi connectivity index (χ3v) is 3.48. The molecule has 0 unspecified atom stereocenters. The van der Waals surface area contributed by atoms with Crippen molar-refractivity contribution < 1.29 is 4.39 Å². The molecule has 0 spiro atoms. The van der Waals surface area contributed by atoms with Crippen LogP contribution in [0.1, 0.15) is 19.2 Å². The van der Waals surface area contributed by atoms with Gasteiger partial charge in [-0.05, 0) is 42.8 Å². The first-order chi connectivity index (χ1) is 10.3. The van der Waals surface area contributed by atoms with Crippen LogP contribution in [0.25, 0.3) is 11.0 Å². The van der Waals surface area contributed by atoms with Crippen molar-refractivity contribution in [2.24, 2.45) is 0 Å². The summed E-state index contributed by atoms with van der Waals surface area (Å²) in [5.74, 6) is 0.779. The van der Waals surface area contributed by atoms with E-state index in [-0.39, 0.29) is 5.82 Å². The number of benzene rings is 2. The van der Waals surface area contributed by atoms with Crippen molar-refractivity contribution in [2.45, 2.75) is 26.4 Å². The second-order valence-electron chi connectivity index (χ2n) is 5.03. The number of rotatable bonds is 5. The van der Waals surface area contributed by atoms with Crippen molar-refractivity contribution in [1.29, 1.82) is 0 Å². The van der Waals surface area contributed by atoms with Crippen LogP contribution in [0.4, 0.5) is 10.1 Å². The lowest BCUT2D eigenvalue weighted by Gasteiger charge is -2.09. The largest absolute Gasteiger partial charge is 0.378 e. The highest BCUT2D eigenvalue weighted by molar-refractivity contribution is 5.76. The van der Waals surface area contributed by atoms with Gasteiger partial charge in [0.2, 0.25) is 0 Å². The van der Waals surface area contributed by atoms with Crippen molar-refractivity contribution in [2.75, 3.05) is 5.32 Å². The van der Waals surface area contributed by atoms with E-state index in [1.165, 1.54) is 12.1 Å². The van der Waals surface area contributed by atoms with Gasteiger partial charge in [0, 0.05) is 12.2 Å². The Kier molecular flexibility index (Phi) is 3.86. The van der Waals surface area contributed by atoms with Crippen molar-refractivity contribution in [1.82, 2.24) is 9.55 Å². The molecule has 3 aromatic rings. The van der Waals surface area contributed by atoms with Crippen molar-refractivity contribution in [3.05, 3.63) is 60.2 Å². The SMILES string of the molecule is CCCn1c(CNc2ccc(F)cc2)nc2ccccc21. The Morgan fingerprint density at radius 1 is 1.10 bits per heavy atom. The van der Waals surface area contributed by atoms with Gasteiger partial charge < -0.3 is 9.88 Å². The van der Waals surface area contributed by atoms with Crippen molar-refractivity contribution in [3.8, 4) is 0 Å². The first-order valence-electron chi connectivity index (χ1n) is 7.21. The van der Waals surface area contributed by atoms with Gasteiger partial charge in [0.25, 0.3) is 0 Å². The zero-order valence-corrected chi connectivity index (χ0v) is 12.0. The molecular weight excluding hydrogens is 265 g/mol. The lowest BCUT2D eigenvalue weighted by molar-refractivity contribution is 0.628. The zero-order chi connectivity index (χ0) is 14.7. The summed E-state index contributed by atoms with van der Waals surface area (Å²) in [5, 5.41) is 3.30. The number of imidazole rings is 1. The Balaban J connectivity index is 1.85. The average Bonchev–Trinajstić information content (AvgIpc) is 2.85. The van der Waals surface area contributed by atoms with Gasteiger partial charge in [-0.1, -0.05) is 19.1 Å². The van der Waals surface area contributed by atoms with E-state index in [0.717, 1.165) is 35.5 Å². The van der Waals surface area contributed by atoms with Crippen LogP contribution in [-0.4, -0.2) is 9.55 Å². The highest BCUT2D eigenvalue weighted by Crippen LogP contribution is 2.18. The van der Waals surface area contributed by atoms with Crippen LogP contribution < -0.4 is 5.32 Å². The monoisotopic (exact) mass is 283 g/mol. The standard InChI is InChI=1S/C17H18FN3/c1-2-11-21-16-6-4-3-5-15(16)20-17(21)12-19-14-9-7-13(18)8-10-14/h3-10,19H,2,11-12H2,1H3. The van der Waals surface area contributed by atoms with E-state index in [1.807, 2.05) is 18.2 Å². The topological polar surface area (TPSA) is 29.9 Å². The Bertz CT molecular complexity index is 731. The number of hydrogen-bond donors (Lipinski definition) is 1. The van der Waals surface area contributed by atoms with Crippen LogP contribution in [0.15, 0.2) is 48.5 Å². The summed E-state index contributed by atoms with van der Waals surface area (Å²) < 4.78 is 15.2. The molecule has 3 rings (SSSR count). The lowest BCUT2D eigenvalue weighted by Crippen LogP contribution is -2.08. The number of hydrogen-bond acceptors (Lipinski definition) is 2. The molecule has 1 aromatic heterocycles. The van der Waals surface area contributed by atoms with Gasteiger partial charge in [0.15, 0.2) is 0 Å². The number of nitrogens with one attached hydrogen (secondary N) is 1.